The second kappa shape index (κ2) is 6.05. The Bertz CT molecular complexity index is 458. The van der Waals surface area contributed by atoms with Gasteiger partial charge in [0.1, 0.15) is 5.60 Å². The van der Waals surface area contributed by atoms with Crippen molar-refractivity contribution in [2.75, 3.05) is 7.11 Å². The average molecular weight is 295 g/mol. The maximum Gasteiger partial charge on any atom is 0.228 e. The van der Waals surface area contributed by atoms with E-state index < -0.39 is 0 Å². The van der Waals surface area contributed by atoms with E-state index in [1.54, 1.807) is 7.11 Å². The summed E-state index contributed by atoms with van der Waals surface area (Å²) in [6.07, 6.45) is 4.71. The van der Waals surface area contributed by atoms with Gasteiger partial charge in [0.15, 0.2) is 0 Å². The van der Waals surface area contributed by atoms with E-state index in [9.17, 15) is 0 Å². The molecule has 5 nitrogen and oxygen atoms in total. The second-order valence-electron chi connectivity index (χ2n) is 7.49. The third kappa shape index (κ3) is 3.64. The Balaban J connectivity index is 2.11. The molecule has 1 aliphatic carbocycles. The van der Waals surface area contributed by atoms with Gasteiger partial charge in [-0.1, -0.05) is 32.9 Å². The summed E-state index contributed by atoms with van der Waals surface area (Å²) in [6.45, 7) is 8.80. The van der Waals surface area contributed by atoms with Gasteiger partial charge in [-0.25, -0.2) is 0 Å². The van der Waals surface area contributed by atoms with E-state index in [0.29, 0.717) is 29.5 Å². The van der Waals surface area contributed by atoms with Gasteiger partial charge in [-0.05, 0) is 37.0 Å². The van der Waals surface area contributed by atoms with E-state index >= 15 is 0 Å². The number of ether oxygens (including phenoxy) is 1. The van der Waals surface area contributed by atoms with Crippen LogP contribution in [-0.2, 0) is 16.8 Å². The van der Waals surface area contributed by atoms with Crippen LogP contribution in [0.25, 0.3) is 0 Å². The number of methoxy groups -OCH3 is 1. The minimum Gasteiger partial charge on any atom is -0.370 e. The Kier molecular flexibility index (Phi) is 4.73. The zero-order chi connectivity index (χ0) is 15.7. The molecule has 0 aliphatic heterocycles. The highest BCUT2D eigenvalue weighted by Crippen LogP contribution is 2.46. The molecule has 0 bridgehead atoms. The molecule has 1 heterocycles. The molecule has 120 valence electrons. The van der Waals surface area contributed by atoms with Crippen molar-refractivity contribution in [2.45, 2.75) is 71.4 Å². The van der Waals surface area contributed by atoms with Crippen molar-refractivity contribution in [2.24, 2.45) is 17.1 Å². The van der Waals surface area contributed by atoms with Crippen molar-refractivity contribution in [3.8, 4) is 0 Å². The molecule has 0 amide bonds. The first kappa shape index (κ1) is 16.4. The fourth-order valence-corrected chi connectivity index (χ4v) is 2.81. The normalized spacial score (nSPS) is 22.4. The predicted octanol–water partition coefficient (Wildman–Crippen LogP) is 3.04. The summed E-state index contributed by atoms with van der Waals surface area (Å²) in [5.41, 5.74) is 6.06. The summed E-state index contributed by atoms with van der Waals surface area (Å²) >= 11 is 0. The number of hydrogen-bond donors (Lipinski definition) is 1. The van der Waals surface area contributed by atoms with Crippen LogP contribution in [0.15, 0.2) is 4.52 Å². The minimum absolute atomic E-state index is 0.0436. The standard InChI is InChI=1S/C16H29N3O2/c1-11(2)12(17)10-13-18-14(19-21-13)16(20-5)8-6-15(3,4)7-9-16/h11-12H,6-10,17H2,1-5H3. The van der Waals surface area contributed by atoms with E-state index in [-0.39, 0.29) is 11.6 Å². The first-order valence-electron chi connectivity index (χ1n) is 7.92. The minimum atomic E-state index is -0.390. The SMILES string of the molecule is COC1(c2noc(CC(N)C(C)C)n2)CCC(C)(C)CC1. The second-order valence-corrected chi connectivity index (χ2v) is 7.49. The van der Waals surface area contributed by atoms with Crippen molar-refractivity contribution in [1.29, 1.82) is 0 Å². The van der Waals surface area contributed by atoms with Gasteiger partial charge in [-0.3, -0.25) is 0 Å². The van der Waals surface area contributed by atoms with Gasteiger partial charge in [0.05, 0.1) is 0 Å². The number of rotatable bonds is 5. The Labute approximate surface area is 127 Å². The monoisotopic (exact) mass is 295 g/mol. The Morgan fingerprint density at radius 1 is 1.24 bits per heavy atom. The molecule has 1 aliphatic rings. The Morgan fingerprint density at radius 2 is 1.86 bits per heavy atom. The molecule has 1 saturated carbocycles. The highest BCUT2D eigenvalue weighted by Gasteiger charge is 2.43. The lowest BCUT2D eigenvalue weighted by Crippen LogP contribution is -2.37. The molecule has 1 unspecified atom stereocenters. The zero-order valence-electron chi connectivity index (χ0n) is 14.0. The van der Waals surface area contributed by atoms with Crippen LogP contribution in [0.2, 0.25) is 0 Å². The van der Waals surface area contributed by atoms with Crippen LogP contribution >= 0.6 is 0 Å². The number of hydrogen-bond acceptors (Lipinski definition) is 5. The summed E-state index contributed by atoms with van der Waals surface area (Å²) < 4.78 is 11.2. The predicted molar refractivity (Wildman–Crippen MR) is 81.8 cm³/mol. The molecule has 0 spiro atoms. The fourth-order valence-electron chi connectivity index (χ4n) is 2.81. The summed E-state index contributed by atoms with van der Waals surface area (Å²) in [5.74, 6) is 1.70. The van der Waals surface area contributed by atoms with E-state index in [4.69, 9.17) is 15.0 Å². The summed E-state index contributed by atoms with van der Waals surface area (Å²) in [7, 11) is 1.74. The van der Waals surface area contributed by atoms with E-state index in [1.165, 1.54) is 0 Å². The highest BCUT2D eigenvalue weighted by atomic mass is 16.5. The maximum atomic E-state index is 6.08. The molecular weight excluding hydrogens is 266 g/mol. The van der Waals surface area contributed by atoms with Crippen molar-refractivity contribution in [3.63, 3.8) is 0 Å². The smallest absolute Gasteiger partial charge is 0.228 e. The van der Waals surface area contributed by atoms with E-state index in [2.05, 4.69) is 37.8 Å². The van der Waals surface area contributed by atoms with Crippen LogP contribution < -0.4 is 5.73 Å². The molecular formula is C16H29N3O2. The van der Waals surface area contributed by atoms with Crippen LogP contribution in [0, 0.1) is 11.3 Å². The molecule has 0 saturated heterocycles. The van der Waals surface area contributed by atoms with Crippen molar-refractivity contribution in [1.82, 2.24) is 10.1 Å². The lowest BCUT2D eigenvalue weighted by Gasteiger charge is -2.40. The van der Waals surface area contributed by atoms with Gasteiger partial charge in [-0.15, -0.1) is 0 Å². The van der Waals surface area contributed by atoms with Crippen LogP contribution in [0.4, 0.5) is 0 Å². The van der Waals surface area contributed by atoms with Crippen molar-refractivity contribution >= 4 is 0 Å². The molecule has 2 N–H and O–H groups in total. The molecule has 5 heteroatoms. The highest BCUT2D eigenvalue weighted by molar-refractivity contribution is 5.05. The molecule has 0 aromatic carbocycles. The molecule has 21 heavy (non-hydrogen) atoms. The molecule has 1 aromatic rings. The average Bonchev–Trinajstić information content (AvgIpc) is 2.88. The zero-order valence-corrected chi connectivity index (χ0v) is 14.0. The summed E-state index contributed by atoms with van der Waals surface area (Å²) in [5, 5.41) is 4.18. The van der Waals surface area contributed by atoms with E-state index in [0.717, 1.165) is 25.7 Å². The molecule has 2 rings (SSSR count). The lowest BCUT2D eigenvalue weighted by molar-refractivity contribution is -0.0740. The van der Waals surface area contributed by atoms with Gasteiger partial charge in [0.2, 0.25) is 11.7 Å². The first-order chi connectivity index (χ1) is 9.78. The lowest BCUT2D eigenvalue weighted by atomic mass is 9.70. The third-order valence-corrected chi connectivity index (χ3v) is 4.94. The number of nitrogens with two attached hydrogens (primary N) is 1. The van der Waals surface area contributed by atoms with Gasteiger partial charge < -0.3 is 15.0 Å². The van der Waals surface area contributed by atoms with Crippen molar-refractivity contribution in [3.05, 3.63) is 11.7 Å². The molecule has 1 aromatic heterocycles. The quantitative estimate of drug-likeness (QED) is 0.903. The molecule has 1 atom stereocenters. The molecule has 1 fully saturated rings. The maximum absolute atomic E-state index is 6.08. The molecule has 0 radical (unpaired) electrons. The third-order valence-electron chi connectivity index (χ3n) is 4.94. The van der Waals surface area contributed by atoms with Gasteiger partial charge >= 0.3 is 0 Å². The summed E-state index contributed by atoms with van der Waals surface area (Å²) in [4.78, 5) is 4.56. The van der Waals surface area contributed by atoms with Crippen LogP contribution in [-0.4, -0.2) is 23.3 Å². The van der Waals surface area contributed by atoms with Crippen LogP contribution in [0.5, 0.6) is 0 Å². The fraction of sp³-hybridized carbons (Fsp3) is 0.875. The van der Waals surface area contributed by atoms with Gasteiger partial charge in [-0.2, -0.15) is 4.98 Å². The van der Waals surface area contributed by atoms with Crippen LogP contribution in [0.1, 0.15) is 65.1 Å². The van der Waals surface area contributed by atoms with Crippen molar-refractivity contribution < 1.29 is 9.26 Å². The topological polar surface area (TPSA) is 74.2 Å². The number of aromatic nitrogens is 2. The van der Waals surface area contributed by atoms with E-state index in [1.807, 2.05) is 0 Å². The van der Waals surface area contributed by atoms with Crippen LogP contribution in [0.3, 0.4) is 0 Å². The Hall–Kier alpha value is -0.940. The van der Waals surface area contributed by atoms with Gasteiger partial charge in [0, 0.05) is 19.6 Å². The number of nitrogens with zero attached hydrogens (tertiary/aromatic N) is 2. The Morgan fingerprint density at radius 3 is 2.38 bits per heavy atom. The van der Waals surface area contributed by atoms with Gasteiger partial charge in [0.25, 0.3) is 0 Å². The first-order valence-corrected chi connectivity index (χ1v) is 7.92. The summed E-state index contributed by atoms with van der Waals surface area (Å²) in [6, 6.07) is 0.0436. The largest absolute Gasteiger partial charge is 0.370 e.